The number of amides is 2. The van der Waals surface area contributed by atoms with E-state index in [0.717, 1.165) is 0 Å². The molecule has 0 saturated heterocycles. The van der Waals surface area contributed by atoms with Gasteiger partial charge in [0.15, 0.2) is 0 Å². The molecule has 0 aliphatic carbocycles. The third-order valence-electron chi connectivity index (χ3n) is 1.83. The van der Waals surface area contributed by atoms with Crippen molar-refractivity contribution in [1.82, 2.24) is 16.0 Å². The lowest BCUT2D eigenvalue weighted by Crippen LogP contribution is -2.46. The Balaban J connectivity index is 3.79. The highest BCUT2D eigenvalue weighted by atomic mass is 16.2. The van der Waals surface area contributed by atoms with Crippen molar-refractivity contribution in [3.63, 3.8) is 0 Å². The van der Waals surface area contributed by atoms with Crippen molar-refractivity contribution in [3.8, 4) is 0 Å². The van der Waals surface area contributed by atoms with Crippen LogP contribution in [0, 0.1) is 0 Å². The standard InChI is InChI=1S/C11H21N3O2/c1-5-6-12-11(16)9(4)13-7-10(15)14-8(2)3/h5,8-9,13H,1,6-7H2,2-4H3,(H,12,16)(H,14,15). The smallest absolute Gasteiger partial charge is 0.237 e. The van der Waals surface area contributed by atoms with Gasteiger partial charge in [0.05, 0.1) is 12.6 Å². The average Bonchev–Trinajstić information content (AvgIpc) is 2.21. The molecule has 3 N–H and O–H groups in total. The van der Waals surface area contributed by atoms with Gasteiger partial charge in [0, 0.05) is 12.6 Å². The Hall–Kier alpha value is -1.36. The third kappa shape index (κ3) is 7.00. The van der Waals surface area contributed by atoms with E-state index >= 15 is 0 Å². The molecule has 0 spiro atoms. The second-order valence-corrected chi connectivity index (χ2v) is 3.86. The second kappa shape index (κ2) is 7.87. The maximum Gasteiger partial charge on any atom is 0.237 e. The minimum Gasteiger partial charge on any atom is -0.353 e. The number of rotatable bonds is 7. The molecule has 0 saturated carbocycles. The van der Waals surface area contributed by atoms with E-state index in [2.05, 4.69) is 22.5 Å². The maximum absolute atomic E-state index is 11.4. The number of hydrogen-bond donors (Lipinski definition) is 3. The first kappa shape index (κ1) is 14.6. The van der Waals surface area contributed by atoms with Gasteiger partial charge < -0.3 is 10.6 Å². The van der Waals surface area contributed by atoms with E-state index in [1.54, 1.807) is 13.0 Å². The van der Waals surface area contributed by atoms with Crippen molar-refractivity contribution in [2.75, 3.05) is 13.1 Å². The first-order chi connectivity index (χ1) is 7.47. The maximum atomic E-state index is 11.4. The second-order valence-electron chi connectivity index (χ2n) is 3.86. The van der Waals surface area contributed by atoms with Gasteiger partial charge in [0.2, 0.25) is 11.8 Å². The molecule has 16 heavy (non-hydrogen) atoms. The van der Waals surface area contributed by atoms with Crippen molar-refractivity contribution in [3.05, 3.63) is 12.7 Å². The molecule has 0 aromatic rings. The van der Waals surface area contributed by atoms with Crippen LogP contribution in [0.2, 0.25) is 0 Å². The zero-order chi connectivity index (χ0) is 12.6. The fourth-order valence-electron chi connectivity index (χ4n) is 1.04. The molecule has 0 fully saturated rings. The van der Waals surface area contributed by atoms with Gasteiger partial charge >= 0.3 is 0 Å². The molecule has 1 atom stereocenters. The van der Waals surface area contributed by atoms with E-state index in [9.17, 15) is 9.59 Å². The lowest BCUT2D eigenvalue weighted by Gasteiger charge is -2.14. The van der Waals surface area contributed by atoms with E-state index in [4.69, 9.17) is 0 Å². The van der Waals surface area contributed by atoms with Gasteiger partial charge in [0.25, 0.3) is 0 Å². The van der Waals surface area contributed by atoms with Crippen molar-refractivity contribution in [2.45, 2.75) is 32.9 Å². The Morgan fingerprint density at radius 2 is 1.94 bits per heavy atom. The molecule has 92 valence electrons. The molecule has 5 nitrogen and oxygen atoms in total. The Bertz CT molecular complexity index is 252. The lowest BCUT2D eigenvalue weighted by atomic mass is 10.3. The van der Waals surface area contributed by atoms with Crippen LogP contribution in [0.1, 0.15) is 20.8 Å². The van der Waals surface area contributed by atoms with E-state index in [-0.39, 0.29) is 24.4 Å². The highest BCUT2D eigenvalue weighted by Crippen LogP contribution is 1.82. The van der Waals surface area contributed by atoms with Crippen molar-refractivity contribution >= 4 is 11.8 Å². The molecular formula is C11H21N3O2. The molecule has 0 aliphatic rings. The summed E-state index contributed by atoms with van der Waals surface area (Å²) in [6, 6.07) is -0.280. The highest BCUT2D eigenvalue weighted by molar-refractivity contribution is 5.83. The Morgan fingerprint density at radius 1 is 1.31 bits per heavy atom. The molecular weight excluding hydrogens is 206 g/mol. The minimum atomic E-state index is -0.391. The van der Waals surface area contributed by atoms with Gasteiger partial charge in [-0.25, -0.2) is 0 Å². The number of nitrogens with one attached hydrogen (secondary N) is 3. The largest absolute Gasteiger partial charge is 0.353 e. The lowest BCUT2D eigenvalue weighted by molar-refractivity contribution is -0.123. The monoisotopic (exact) mass is 227 g/mol. The number of carbonyl (C=O) groups is 2. The molecule has 2 amide bonds. The summed E-state index contributed by atoms with van der Waals surface area (Å²) < 4.78 is 0. The van der Waals surface area contributed by atoms with Crippen LogP contribution < -0.4 is 16.0 Å². The van der Waals surface area contributed by atoms with Crippen LogP contribution in [0.25, 0.3) is 0 Å². The summed E-state index contributed by atoms with van der Waals surface area (Å²) in [4.78, 5) is 22.7. The zero-order valence-electron chi connectivity index (χ0n) is 10.2. The first-order valence-corrected chi connectivity index (χ1v) is 5.38. The van der Waals surface area contributed by atoms with Gasteiger partial charge in [-0.2, -0.15) is 0 Å². The van der Waals surface area contributed by atoms with Crippen LogP contribution in [0.5, 0.6) is 0 Å². The van der Waals surface area contributed by atoms with Gasteiger partial charge in [-0.05, 0) is 20.8 Å². The third-order valence-corrected chi connectivity index (χ3v) is 1.83. The fraction of sp³-hybridized carbons (Fsp3) is 0.636. The van der Waals surface area contributed by atoms with Gasteiger partial charge in [-0.3, -0.25) is 14.9 Å². The molecule has 0 rings (SSSR count). The fourth-order valence-corrected chi connectivity index (χ4v) is 1.04. The molecule has 0 heterocycles. The summed E-state index contributed by atoms with van der Waals surface area (Å²) in [5.74, 6) is -0.254. The van der Waals surface area contributed by atoms with Crippen LogP contribution in [0.15, 0.2) is 12.7 Å². The van der Waals surface area contributed by atoms with Gasteiger partial charge in [0.1, 0.15) is 0 Å². The van der Waals surface area contributed by atoms with E-state index in [0.29, 0.717) is 6.54 Å². The summed E-state index contributed by atoms with van der Waals surface area (Å²) in [7, 11) is 0. The minimum absolute atomic E-state index is 0.110. The van der Waals surface area contributed by atoms with Gasteiger partial charge in [-0.15, -0.1) is 6.58 Å². The van der Waals surface area contributed by atoms with Crippen molar-refractivity contribution < 1.29 is 9.59 Å². The van der Waals surface area contributed by atoms with E-state index < -0.39 is 6.04 Å². The summed E-state index contributed by atoms with van der Waals surface area (Å²) in [5, 5.41) is 8.21. The predicted octanol–water partition coefficient (Wildman–Crippen LogP) is -0.209. The molecule has 0 aromatic carbocycles. The van der Waals surface area contributed by atoms with Crippen LogP contribution in [0.4, 0.5) is 0 Å². The average molecular weight is 227 g/mol. The Morgan fingerprint density at radius 3 is 2.44 bits per heavy atom. The normalized spacial score (nSPS) is 12.0. The number of carbonyl (C=O) groups excluding carboxylic acids is 2. The van der Waals surface area contributed by atoms with Crippen LogP contribution in [-0.4, -0.2) is 37.0 Å². The molecule has 0 bridgehead atoms. The summed E-state index contributed by atoms with van der Waals surface area (Å²) in [6.45, 7) is 9.56. The summed E-state index contributed by atoms with van der Waals surface area (Å²) in [6.07, 6.45) is 1.61. The highest BCUT2D eigenvalue weighted by Gasteiger charge is 2.12. The predicted molar refractivity (Wildman–Crippen MR) is 64.0 cm³/mol. The molecule has 5 heteroatoms. The van der Waals surface area contributed by atoms with Crippen molar-refractivity contribution in [2.24, 2.45) is 0 Å². The quantitative estimate of drug-likeness (QED) is 0.527. The molecule has 0 aliphatic heterocycles. The first-order valence-electron chi connectivity index (χ1n) is 5.38. The van der Waals surface area contributed by atoms with Crippen LogP contribution >= 0.6 is 0 Å². The van der Waals surface area contributed by atoms with Crippen molar-refractivity contribution in [1.29, 1.82) is 0 Å². The molecule has 0 aromatic heterocycles. The number of hydrogen-bond acceptors (Lipinski definition) is 3. The van der Waals surface area contributed by atoms with Crippen LogP contribution in [-0.2, 0) is 9.59 Å². The topological polar surface area (TPSA) is 70.2 Å². The molecule has 0 radical (unpaired) electrons. The van der Waals surface area contributed by atoms with Crippen LogP contribution in [0.3, 0.4) is 0 Å². The Labute approximate surface area is 96.7 Å². The SMILES string of the molecule is C=CCNC(=O)C(C)NCC(=O)NC(C)C. The summed E-state index contributed by atoms with van der Waals surface area (Å²) >= 11 is 0. The van der Waals surface area contributed by atoms with Gasteiger partial charge in [-0.1, -0.05) is 6.08 Å². The summed E-state index contributed by atoms with van der Waals surface area (Å²) in [5.41, 5.74) is 0. The zero-order valence-corrected chi connectivity index (χ0v) is 10.2. The van der Waals surface area contributed by atoms with E-state index in [1.165, 1.54) is 0 Å². The van der Waals surface area contributed by atoms with E-state index in [1.807, 2.05) is 13.8 Å². The molecule has 1 unspecified atom stereocenters. The Kier molecular flexibility index (Phi) is 7.20.